The molecule has 3 heteroatoms. The van der Waals surface area contributed by atoms with Crippen molar-refractivity contribution in [2.75, 3.05) is 25.0 Å². The Bertz CT molecular complexity index is 483. The van der Waals surface area contributed by atoms with E-state index in [0.717, 1.165) is 37.5 Å². The summed E-state index contributed by atoms with van der Waals surface area (Å²) in [6.45, 7) is 4.57. The number of piperidine rings is 1. The molecule has 4 fully saturated rings. The summed E-state index contributed by atoms with van der Waals surface area (Å²) in [5.74, 6) is 2.06. The van der Waals surface area contributed by atoms with E-state index in [1.54, 1.807) is 5.56 Å². The summed E-state index contributed by atoms with van der Waals surface area (Å²) in [4.78, 5) is 9.76. The molecule has 5 rings (SSSR count). The Morgan fingerprint density at radius 2 is 2.00 bits per heavy atom. The van der Waals surface area contributed by atoms with Crippen LogP contribution in [-0.2, 0) is 6.42 Å². The van der Waals surface area contributed by atoms with Crippen LogP contribution in [-0.4, -0.2) is 42.1 Å². The van der Waals surface area contributed by atoms with Crippen molar-refractivity contribution in [3.05, 3.63) is 23.4 Å². The van der Waals surface area contributed by atoms with E-state index in [4.69, 9.17) is 4.98 Å². The average molecular weight is 257 g/mol. The van der Waals surface area contributed by atoms with Crippen LogP contribution in [0.5, 0.6) is 0 Å². The predicted molar refractivity (Wildman–Crippen MR) is 77.8 cm³/mol. The molecule has 19 heavy (non-hydrogen) atoms. The minimum absolute atomic E-state index is 0.760. The van der Waals surface area contributed by atoms with Gasteiger partial charge in [-0.15, -0.1) is 0 Å². The molecule has 3 saturated heterocycles. The van der Waals surface area contributed by atoms with Gasteiger partial charge >= 0.3 is 0 Å². The second-order valence-electron chi connectivity index (χ2n) is 6.48. The van der Waals surface area contributed by atoms with Crippen molar-refractivity contribution in [3.8, 4) is 0 Å². The molecule has 2 atom stereocenters. The maximum atomic E-state index is 4.73. The van der Waals surface area contributed by atoms with Crippen molar-refractivity contribution in [3.63, 3.8) is 0 Å². The third-order valence-corrected chi connectivity index (χ3v) is 5.29. The van der Waals surface area contributed by atoms with Gasteiger partial charge in [0, 0.05) is 31.4 Å². The van der Waals surface area contributed by atoms with Gasteiger partial charge in [-0.05, 0) is 55.8 Å². The first-order valence-electron chi connectivity index (χ1n) is 7.72. The fourth-order valence-electron chi connectivity index (χ4n) is 3.71. The first-order valence-corrected chi connectivity index (χ1v) is 7.72. The Labute approximate surface area is 115 Å². The maximum Gasteiger partial charge on any atom is 0.128 e. The highest BCUT2D eigenvalue weighted by atomic mass is 15.4. The number of aryl methyl sites for hydroxylation is 1. The van der Waals surface area contributed by atoms with Crippen LogP contribution in [0, 0.1) is 0 Å². The van der Waals surface area contributed by atoms with Crippen LogP contribution in [0.1, 0.15) is 43.2 Å². The van der Waals surface area contributed by atoms with Crippen molar-refractivity contribution < 1.29 is 0 Å². The average Bonchev–Trinajstić information content (AvgIpc) is 3.30. The number of nitrogens with zero attached hydrogens (tertiary/aromatic N) is 3. The van der Waals surface area contributed by atoms with Gasteiger partial charge in [0.15, 0.2) is 0 Å². The summed E-state index contributed by atoms with van der Waals surface area (Å²) in [5, 5.41) is 0. The standard InChI is InChI=1S/C16H23N3/c1-3-11-8-17-16(7-15(11)12-4-5-12)19-9-13-6-14(10-19)18(13)2/h7-8,12-14H,3-6,9-10H2,1-2H3. The zero-order valence-corrected chi connectivity index (χ0v) is 12.0. The van der Waals surface area contributed by atoms with Crippen molar-refractivity contribution in [1.29, 1.82) is 0 Å². The van der Waals surface area contributed by atoms with Gasteiger partial charge in [-0.25, -0.2) is 4.98 Å². The molecule has 4 aliphatic rings. The lowest BCUT2D eigenvalue weighted by molar-refractivity contribution is 0.0261. The monoisotopic (exact) mass is 257 g/mol. The normalized spacial score (nSPS) is 30.3. The summed E-state index contributed by atoms with van der Waals surface area (Å²) in [7, 11) is 2.26. The van der Waals surface area contributed by atoms with Crippen LogP contribution in [0.15, 0.2) is 12.3 Å². The number of fused-ring (bicyclic) bond motifs is 2. The van der Waals surface area contributed by atoms with Gasteiger partial charge in [0.25, 0.3) is 0 Å². The molecule has 4 heterocycles. The summed E-state index contributed by atoms with van der Waals surface area (Å²) in [6.07, 6.45) is 7.39. The van der Waals surface area contributed by atoms with Gasteiger partial charge in [-0.1, -0.05) is 6.92 Å². The van der Waals surface area contributed by atoms with Crippen molar-refractivity contribution >= 4 is 5.82 Å². The number of hydrogen-bond acceptors (Lipinski definition) is 3. The van der Waals surface area contributed by atoms with E-state index < -0.39 is 0 Å². The largest absolute Gasteiger partial charge is 0.353 e. The second-order valence-corrected chi connectivity index (χ2v) is 6.48. The molecule has 1 aliphatic carbocycles. The molecule has 3 nitrogen and oxygen atoms in total. The van der Waals surface area contributed by atoms with E-state index in [1.165, 1.54) is 30.6 Å². The van der Waals surface area contributed by atoms with E-state index >= 15 is 0 Å². The van der Waals surface area contributed by atoms with Crippen LogP contribution in [0.4, 0.5) is 5.82 Å². The number of rotatable bonds is 3. The lowest BCUT2D eigenvalue weighted by Gasteiger charge is -2.55. The summed E-state index contributed by atoms with van der Waals surface area (Å²) in [5.41, 5.74) is 3.05. The molecule has 0 radical (unpaired) electrons. The number of aromatic nitrogens is 1. The molecule has 102 valence electrons. The molecular weight excluding hydrogens is 234 g/mol. The highest BCUT2D eigenvalue weighted by Crippen LogP contribution is 2.43. The van der Waals surface area contributed by atoms with E-state index in [-0.39, 0.29) is 0 Å². The summed E-state index contributed by atoms with van der Waals surface area (Å²) >= 11 is 0. The van der Waals surface area contributed by atoms with E-state index in [0.29, 0.717) is 0 Å². The van der Waals surface area contributed by atoms with Gasteiger partial charge in [0.1, 0.15) is 5.82 Å². The lowest BCUT2D eigenvalue weighted by atomic mass is 9.88. The number of likely N-dealkylation sites (N-methyl/N-ethyl adjacent to an activating group) is 1. The molecule has 3 aliphatic heterocycles. The Kier molecular flexibility index (Phi) is 2.59. The third kappa shape index (κ3) is 1.86. The van der Waals surface area contributed by atoms with Crippen LogP contribution < -0.4 is 4.90 Å². The number of piperazine rings is 1. The Hall–Kier alpha value is -1.09. The first-order chi connectivity index (χ1) is 9.26. The van der Waals surface area contributed by atoms with Crippen LogP contribution in [0.2, 0.25) is 0 Å². The summed E-state index contributed by atoms with van der Waals surface area (Å²) < 4.78 is 0. The molecular formula is C16H23N3. The molecule has 0 N–H and O–H groups in total. The highest BCUT2D eigenvalue weighted by molar-refractivity contribution is 5.47. The predicted octanol–water partition coefficient (Wildman–Crippen LogP) is 2.41. The zero-order chi connectivity index (χ0) is 13.0. The highest BCUT2D eigenvalue weighted by Gasteiger charge is 2.42. The Morgan fingerprint density at radius 1 is 1.26 bits per heavy atom. The molecule has 1 saturated carbocycles. The topological polar surface area (TPSA) is 19.4 Å². The fourth-order valence-corrected chi connectivity index (χ4v) is 3.71. The van der Waals surface area contributed by atoms with Crippen molar-refractivity contribution in [1.82, 2.24) is 9.88 Å². The van der Waals surface area contributed by atoms with Crippen LogP contribution in [0.25, 0.3) is 0 Å². The Morgan fingerprint density at radius 3 is 2.58 bits per heavy atom. The van der Waals surface area contributed by atoms with Crippen molar-refractivity contribution in [2.24, 2.45) is 0 Å². The third-order valence-electron chi connectivity index (χ3n) is 5.29. The number of hydrogen-bond donors (Lipinski definition) is 0. The first kappa shape index (κ1) is 11.7. The molecule has 0 spiro atoms. The van der Waals surface area contributed by atoms with Gasteiger partial charge in [0.2, 0.25) is 0 Å². The number of pyridine rings is 1. The van der Waals surface area contributed by atoms with E-state index in [2.05, 4.69) is 36.0 Å². The second kappa shape index (κ2) is 4.20. The van der Waals surface area contributed by atoms with E-state index in [9.17, 15) is 0 Å². The van der Waals surface area contributed by atoms with Crippen molar-refractivity contribution in [2.45, 2.75) is 50.6 Å². The van der Waals surface area contributed by atoms with E-state index in [1.807, 2.05) is 0 Å². The molecule has 0 aromatic carbocycles. The summed E-state index contributed by atoms with van der Waals surface area (Å²) in [6, 6.07) is 3.91. The zero-order valence-electron chi connectivity index (χ0n) is 12.0. The van der Waals surface area contributed by atoms with Gasteiger partial charge < -0.3 is 4.90 Å². The molecule has 0 amide bonds. The minimum atomic E-state index is 0.760. The minimum Gasteiger partial charge on any atom is -0.353 e. The van der Waals surface area contributed by atoms with Gasteiger partial charge in [-0.3, -0.25) is 4.90 Å². The van der Waals surface area contributed by atoms with Gasteiger partial charge in [-0.2, -0.15) is 0 Å². The number of anilines is 1. The lowest BCUT2D eigenvalue weighted by Crippen LogP contribution is -2.67. The molecule has 1 aromatic rings. The SMILES string of the molecule is CCc1cnc(N2CC3CC(C2)N3C)cc1C1CC1. The van der Waals surface area contributed by atoms with Crippen LogP contribution in [0.3, 0.4) is 0 Å². The molecule has 1 aromatic heterocycles. The molecule has 2 unspecified atom stereocenters. The molecule has 2 bridgehead atoms. The van der Waals surface area contributed by atoms with Crippen LogP contribution >= 0.6 is 0 Å². The van der Waals surface area contributed by atoms with Gasteiger partial charge in [0.05, 0.1) is 0 Å². The quantitative estimate of drug-likeness (QED) is 0.829. The Balaban J connectivity index is 1.60. The maximum absolute atomic E-state index is 4.73. The fraction of sp³-hybridized carbons (Fsp3) is 0.688. The smallest absolute Gasteiger partial charge is 0.128 e.